The van der Waals surface area contributed by atoms with Gasteiger partial charge in [0.25, 0.3) is 10.0 Å². The molecule has 6 heterocycles. The number of aryl methyl sites for hydroxylation is 3. The van der Waals surface area contributed by atoms with Gasteiger partial charge in [-0.25, -0.2) is 28.1 Å². The molecule has 6 rings (SSSR count). The van der Waals surface area contributed by atoms with E-state index in [1.54, 1.807) is 11.6 Å². The van der Waals surface area contributed by atoms with Gasteiger partial charge < -0.3 is 14.8 Å². The topological polar surface area (TPSA) is 130 Å². The number of nitrogens with zero attached hydrogens (tertiary/aromatic N) is 10. The van der Waals surface area contributed by atoms with Gasteiger partial charge in [0.05, 0.1) is 35.3 Å². The average molecular weight is 634 g/mol. The Morgan fingerprint density at radius 3 is 2.44 bits per heavy atom. The van der Waals surface area contributed by atoms with E-state index in [-0.39, 0.29) is 17.0 Å². The van der Waals surface area contributed by atoms with Crippen LogP contribution in [0.15, 0.2) is 48.3 Å². The molecule has 2 aliphatic rings. The van der Waals surface area contributed by atoms with Crippen LogP contribution in [0.2, 0.25) is 0 Å². The fourth-order valence-corrected chi connectivity index (χ4v) is 7.69. The van der Waals surface area contributed by atoms with Crippen molar-refractivity contribution >= 4 is 16.0 Å². The summed E-state index contributed by atoms with van der Waals surface area (Å²) in [6.07, 6.45) is 9.30. The second-order valence-corrected chi connectivity index (χ2v) is 14.2. The maximum atomic E-state index is 13.1. The molecule has 1 N–H and O–H groups in total. The second-order valence-electron chi connectivity index (χ2n) is 12.3. The molecule has 0 aliphatic carbocycles. The quantitative estimate of drug-likeness (QED) is 0.294. The molecular formula is C31H43N11O2S. The van der Waals surface area contributed by atoms with Gasteiger partial charge in [0, 0.05) is 83.1 Å². The highest BCUT2D eigenvalue weighted by atomic mass is 32.2. The van der Waals surface area contributed by atoms with E-state index in [4.69, 9.17) is 9.97 Å². The van der Waals surface area contributed by atoms with Crippen LogP contribution < -0.4 is 5.32 Å². The number of aromatic nitrogens is 7. The molecule has 0 spiro atoms. The van der Waals surface area contributed by atoms with Crippen LogP contribution in [0.3, 0.4) is 0 Å². The number of anilines is 1. The molecule has 240 valence electrons. The molecule has 0 bridgehead atoms. The molecule has 0 radical (unpaired) electrons. The Kier molecular flexibility index (Phi) is 9.00. The van der Waals surface area contributed by atoms with Crippen molar-refractivity contribution in [2.24, 2.45) is 13.0 Å². The van der Waals surface area contributed by atoms with Crippen LogP contribution in [0.5, 0.6) is 0 Å². The SMILES string of the molecule is CCN1CCN(Cc2ccc(-n3cc(-c4nc(N[C@H]5CCN(S(=O)(=O)c6cn(C)cn6)C[C@H]5C)ncc4C)cn3)c(C)n2)CC1. The van der Waals surface area contributed by atoms with Gasteiger partial charge in [0.15, 0.2) is 5.03 Å². The highest BCUT2D eigenvalue weighted by Crippen LogP contribution is 2.27. The number of hydrogen-bond donors (Lipinski definition) is 1. The number of nitrogens with one attached hydrogen (secondary N) is 1. The van der Waals surface area contributed by atoms with E-state index >= 15 is 0 Å². The highest BCUT2D eigenvalue weighted by Gasteiger charge is 2.35. The molecule has 2 atom stereocenters. The van der Waals surface area contributed by atoms with Crippen molar-refractivity contribution in [3.05, 3.63) is 60.2 Å². The molecule has 2 saturated heterocycles. The van der Waals surface area contributed by atoms with Crippen LogP contribution in [-0.4, -0.2) is 109 Å². The fourth-order valence-electron chi connectivity index (χ4n) is 6.17. The molecule has 0 amide bonds. The van der Waals surface area contributed by atoms with E-state index in [0.717, 1.165) is 73.2 Å². The lowest BCUT2D eigenvalue weighted by Crippen LogP contribution is -2.47. The third kappa shape index (κ3) is 6.78. The standard InChI is InChI=1S/C31H43N11O2S/c1-6-39-11-13-40(14-12-39)19-26-7-8-28(24(4)35-26)42-18-25(16-34-42)30-22(2)15-32-31(37-30)36-27-9-10-41(17-23(27)3)45(43,44)29-20-38(5)21-33-29/h7-8,15-16,18,20-21,23,27H,6,9-14,17,19H2,1-5H3,(H,32,36,37)/t23-,27+/m1/s1. The first kappa shape index (κ1) is 31.3. The zero-order chi connectivity index (χ0) is 31.7. The predicted molar refractivity (Wildman–Crippen MR) is 172 cm³/mol. The predicted octanol–water partition coefficient (Wildman–Crippen LogP) is 2.72. The van der Waals surface area contributed by atoms with Crippen molar-refractivity contribution in [2.75, 3.05) is 51.1 Å². The van der Waals surface area contributed by atoms with Gasteiger partial charge in [-0.05, 0) is 50.4 Å². The molecule has 45 heavy (non-hydrogen) atoms. The summed E-state index contributed by atoms with van der Waals surface area (Å²) in [7, 11) is -1.87. The van der Waals surface area contributed by atoms with Gasteiger partial charge in [-0.15, -0.1) is 0 Å². The number of hydrogen-bond acceptors (Lipinski definition) is 10. The first-order valence-electron chi connectivity index (χ1n) is 15.7. The van der Waals surface area contributed by atoms with Crippen LogP contribution in [0.25, 0.3) is 16.9 Å². The highest BCUT2D eigenvalue weighted by molar-refractivity contribution is 7.89. The maximum absolute atomic E-state index is 13.1. The first-order chi connectivity index (χ1) is 21.6. The lowest BCUT2D eigenvalue weighted by atomic mass is 9.95. The van der Waals surface area contributed by atoms with Gasteiger partial charge in [0.1, 0.15) is 0 Å². The zero-order valence-corrected chi connectivity index (χ0v) is 27.6. The smallest absolute Gasteiger partial charge is 0.262 e. The summed E-state index contributed by atoms with van der Waals surface area (Å²) in [6.45, 7) is 15.4. The summed E-state index contributed by atoms with van der Waals surface area (Å²) in [6, 6.07) is 4.22. The number of imidazole rings is 1. The second kappa shape index (κ2) is 12.9. The van der Waals surface area contributed by atoms with Gasteiger partial charge >= 0.3 is 0 Å². The number of pyridine rings is 1. The Balaban J connectivity index is 1.11. The maximum Gasteiger partial charge on any atom is 0.262 e. The molecule has 2 fully saturated rings. The van der Waals surface area contributed by atoms with Gasteiger partial charge in [0.2, 0.25) is 5.95 Å². The summed E-state index contributed by atoms with van der Waals surface area (Å²) in [4.78, 5) is 23.3. The molecular weight excluding hydrogens is 590 g/mol. The Bertz CT molecular complexity index is 1740. The minimum absolute atomic E-state index is 0.0289. The monoisotopic (exact) mass is 633 g/mol. The van der Waals surface area contributed by atoms with Crippen molar-refractivity contribution in [1.29, 1.82) is 0 Å². The zero-order valence-electron chi connectivity index (χ0n) is 26.8. The number of likely N-dealkylation sites (N-methyl/N-ethyl adjacent to an activating group) is 1. The van der Waals surface area contributed by atoms with Crippen molar-refractivity contribution in [2.45, 2.75) is 51.7 Å². The van der Waals surface area contributed by atoms with Crippen LogP contribution in [-0.2, 0) is 23.6 Å². The minimum atomic E-state index is -3.63. The molecule has 2 aliphatic heterocycles. The van der Waals surface area contributed by atoms with E-state index in [1.165, 1.54) is 16.8 Å². The van der Waals surface area contributed by atoms with Crippen molar-refractivity contribution in [1.82, 2.24) is 48.4 Å². The van der Waals surface area contributed by atoms with Crippen LogP contribution in [0.1, 0.15) is 37.2 Å². The molecule has 14 heteroatoms. The first-order valence-corrected chi connectivity index (χ1v) is 17.1. The Morgan fingerprint density at radius 1 is 0.978 bits per heavy atom. The molecule has 0 saturated carbocycles. The number of piperidine rings is 1. The van der Waals surface area contributed by atoms with Crippen LogP contribution >= 0.6 is 0 Å². The van der Waals surface area contributed by atoms with Gasteiger partial charge in [-0.1, -0.05) is 13.8 Å². The van der Waals surface area contributed by atoms with Crippen molar-refractivity contribution in [3.8, 4) is 16.9 Å². The van der Waals surface area contributed by atoms with Gasteiger partial charge in [-0.3, -0.25) is 9.88 Å². The summed E-state index contributed by atoms with van der Waals surface area (Å²) in [5, 5.41) is 8.21. The van der Waals surface area contributed by atoms with E-state index in [9.17, 15) is 8.42 Å². The lowest BCUT2D eigenvalue weighted by Gasteiger charge is -2.36. The Labute approximate surface area is 265 Å². The third-order valence-corrected chi connectivity index (χ3v) is 10.7. The molecule has 4 aromatic rings. The van der Waals surface area contributed by atoms with E-state index in [1.807, 2.05) is 44.0 Å². The van der Waals surface area contributed by atoms with E-state index in [0.29, 0.717) is 25.5 Å². The third-order valence-electron chi connectivity index (χ3n) is 8.96. The van der Waals surface area contributed by atoms with Gasteiger partial charge in [-0.2, -0.15) is 9.40 Å². The van der Waals surface area contributed by atoms with E-state index < -0.39 is 10.0 Å². The minimum Gasteiger partial charge on any atom is -0.351 e. The number of rotatable bonds is 9. The number of piperazine rings is 1. The summed E-state index contributed by atoms with van der Waals surface area (Å²) < 4.78 is 31.2. The lowest BCUT2D eigenvalue weighted by molar-refractivity contribution is 0.131. The summed E-state index contributed by atoms with van der Waals surface area (Å²) in [5.74, 6) is 0.566. The fraction of sp³-hybridized carbons (Fsp3) is 0.516. The Morgan fingerprint density at radius 2 is 1.76 bits per heavy atom. The van der Waals surface area contributed by atoms with Crippen LogP contribution in [0.4, 0.5) is 5.95 Å². The Hall–Kier alpha value is -3.72. The van der Waals surface area contributed by atoms with E-state index in [2.05, 4.69) is 49.2 Å². The molecule has 0 unspecified atom stereocenters. The molecule has 0 aromatic carbocycles. The summed E-state index contributed by atoms with van der Waals surface area (Å²) >= 11 is 0. The number of sulfonamides is 1. The molecule has 13 nitrogen and oxygen atoms in total. The van der Waals surface area contributed by atoms with Crippen molar-refractivity contribution < 1.29 is 8.42 Å². The normalized spacial score (nSPS) is 20.5. The largest absolute Gasteiger partial charge is 0.351 e. The average Bonchev–Trinajstić information content (AvgIpc) is 3.69. The van der Waals surface area contributed by atoms with Crippen molar-refractivity contribution in [3.63, 3.8) is 0 Å². The summed E-state index contributed by atoms with van der Waals surface area (Å²) in [5.41, 5.74) is 5.58. The molecule has 4 aromatic heterocycles. The van der Waals surface area contributed by atoms with Crippen LogP contribution in [0, 0.1) is 19.8 Å².